The number of nitrogens with zero attached hydrogens (tertiary/aromatic N) is 2. The lowest BCUT2D eigenvalue weighted by Gasteiger charge is -2.09. The Morgan fingerprint density at radius 3 is 2.81 bits per heavy atom. The van der Waals surface area contributed by atoms with Crippen molar-refractivity contribution in [2.75, 3.05) is 0 Å². The number of rotatable bonds is 6. The summed E-state index contributed by atoms with van der Waals surface area (Å²) in [5.41, 5.74) is 4.20. The summed E-state index contributed by atoms with van der Waals surface area (Å²) in [6.07, 6.45) is 1.30. The van der Waals surface area contributed by atoms with Crippen molar-refractivity contribution in [3.05, 3.63) is 77.9 Å². The Labute approximate surface area is 151 Å². The van der Waals surface area contributed by atoms with Crippen LogP contribution in [0.15, 0.2) is 71.8 Å². The molecule has 5 nitrogen and oxygen atoms in total. The Morgan fingerprint density at radius 1 is 1.12 bits per heavy atom. The van der Waals surface area contributed by atoms with E-state index < -0.39 is 5.91 Å². The van der Waals surface area contributed by atoms with Crippen molar-refractivity contribution in [1.82, 2.24) is 5.43 Å². The molecule has 0 saturated heterocycles. The fraction of sp³-hybridized carbons (Fsp3) is 0.0952. The number of benzene rings is 3. The van der Waals surface area contributed by atoms with Gasteiger partial charge in [-0.25, -0.2) is 5.43 Å². The maximum Gasteiger partial charge on any atom is 0.254 e. The number of fused-ring (bicyclic) bond motifs is 1. The first kappa shape index (κ1) is 17.2. The van der Waals surface area contributed by atoms with Crippen LogP contribution in [0.4, 0.5) is 0 Å². The molecule has 3 rings (SSSR count). The Balaban J connectivity index is 1.66. The molecule has 3 aromatic carbocycles. The fourth-order valence-corrected chi connectivity index (χ4v) is 2.55. The third-order valence-electron chi connectivity index (χ3n) is 3.77. The SMILES string of the molecule is N#CCC(=O)NN=Cc1cccc(OCc2cccc3ccccc23)c1. The van der Waals surface area contributed by atoms with Crippen LogP contribution in [0.1, 0.15) is 17.5 Å². The minimum Gasteiger partial charge on any atom is -0.489 e. The minimum atomic E-state index is -0.438. The first-order chi connectivity index (χ1) is 12.8. The van der Waals surface area contributed by atoms with Crippen LogP contribution < -0.4 is 10.2 Å². The smallest absolute Gasteiger partial charge is 0.254 e. The van der Waals surface area contributed by atoms with Crippen LogP contribution in [0.3, 0.4) is 0 Å². The number of carbonyl (C=O) groups excluding carboxylic acids is 1. The third kappa shape index (κ3) is 4.46. The van der Waals surface area contributed by atoms with Crippen LogP contribution in [0.25, 0.3) is 10.8 Å². The fourth-order valence-electron chi connectivity index (χ4n) is 2.55. The molecule has 0 spiro atoms. The van der Waals surface area contributed by atoms with E-state index in [2.05, 4.69) is 34.8 Å². The standard InChI is InChI=1S/C21H17N3O2/c22-12-11-21(25)24-23-14-16-5-3-9-19(13-16)26-15-18-8-4-7-17-6-1-2-10-20(17)18/h1-10,13-14H,11,15H2,(H,24,25). The van der Waals surface area contributed by atoms with Gasteiger partial charge in [0.15, 0.2) is 0 Å². The number of ether oxygens (including phenoxy) is 1. The first-order valence-corrected chi connectivity index (χ1v) is 8.14. The maximum atomic E-state index is 11.2. The highest BCUT2D eigenvalue weighted by Gasteiger charge is 2.02. The number of nitriles is 1. The number of amides is 1. The van der Waals surface area contributed by atoms with Gasteiger partial charge in [0.2, 0.25) is 0 Å². The van der Waals surface area contributed by atoms with Gasteiger partial charge in [-0.3, -0.25) is 4.79 Å². The normalized spacial score (nSPS) is 10.6. The first-order valence-electron chi connectivity index (χ1n) is 8.14. The quantitative estimate of drug-likeness (QED) is 0.547. The predicted molar refractivity (Wildman–Crippen MR) is 101 cm³/mol. The second-order valence-electron chi connectivity index (χ2n) is 5.63. The highest BCUT2D eigenvalue weighted by molar-refractivity contribution is 5.85. The third-order valence-corrected chi connectivity index (χ3v) is 3.77. The summed E-state index contributed by atoms with van der Waals surface area (Å²) in [5.74, 6) is 0.275. The molecule has 1 N–H and O–H groups in total. The highest BCUT2D eigenvalue weighted by Crippen LogP contribution is 2.21. The van der Waals surface area contributed by atoms with E-state index in [-0.39, 0.29) is 6.42 Å². The van der Waals surface area contributed by atoms with Gasteiger partial charge in [0.05, 0.1) is 12.3 Å². The molecule has 0 aliphatic carbocycles. The monoisotopic (exact) mass is 343 g/mol. The van der Waals surface area contributed by atoms with Crippen LogP contribution in [-0.4, -0.2) is 12.1 Å². The molecular formula is C21H17N3O2. The summed E-state index contributed by atoms with van der Waals surface area (Å²) >= 11 is 0. The second-order valence-corrected chi connectivity index (χ2v) is 5.63. The van der Waals surface area contributed by atoms with Crippen molar-refractivity contribution >= 4 is 22.9 Å². The van der Waals surface area contributed by atoms with Gasteiger partial charge >= 0.3 is 0 Å². The predicted octanol–water partition coefficient (Wildman–Crippen LogP) is 3.78. The Kier molecular flexibility index (Phi) is 5.58. The van der Waals surface area contributed by atoms with E-state index in [9.17, 15) is 4.79 Å². The van der Waals surface area contributed by atoms with Crippen molar-refractivity contribution in [2.45, 2.75) is 13.0 Å². The van der Waals surface area contributed by atoms with Gasteiger partial charge in [0.1, 0.15) is 18.8 Å². The molecule has 0 radical (unpaired) electrons. The van der Waals surface area contributed by atoms with E-state index in [0.29, 0.717) is 12.4 Å². The van der Waals surface area contributed by atoms with Crippen molar-refractivity contribution in [3.8, 4) is 11.8 Å². The summed E-state index contributed by atoms with van der Waals surface area (Å²) in [4.78, 5) is 11.2. The molecule has 0 saturated carbocycles. The molecule has 0 bridgehead atoms. The number of carbonyl (C=O) groups is 1. The molecule has 0 unspecified atom stereocenters. The summed E-state index contributed by atoms with van der Waals surface area (Å²) in [6.45, 7) is 0.459. The molecule has 0 aromatic heterocycles. The average molecular weight is 343 g/mol. The minimum absolute atomic E-state index is 0.217. The van der Waals surface area contributed by atoms with Gasteiger partial charge in [0.25, 0.3) is 5.91 Å². The zero-order chi connectivity index (χ0) is 18.2. The van der Waals surface area contributed by atoms with Crippen LogP contribution in [0.5, 0.6) is 5.75 Å². The van der Waals surface area contributed by atoms with Crippen LogP contribution >= 0.6 is 0 Å². The van der Waals surface area contributed by atoms with Crippen LogP contribution in [-0.2, 0) is 11.4 Å². The molecule has 0 atom stereocenters. The molecule has 3 aromatic rings. The summed E-state index contributed by atoms with van der Waals surface area (Å²) in [5, 5.41) is 14.6. The summed E-state index contributed by atoms with van der Waals surface area (Å²) in [6, 6.07) is 23.5. The lowest BCUT2D eigenvalue weighted by Crippen LogP contribution is -2.16. The summed E-state index contributed by atoms with van der Waals surface area (Å²) in [7, 11) is 0. The number of nitrogens with one attached hydrogen (secondary N) is 1. The zero-order valence-electron chi connectivity index (χ0n) is 14.1. The lowest BCUT2D eigenvalue weighted by atomic mass is 10.1. The van der Waals surface area contributed by atoms with E-state index in [0.717, 1.165) is 11.1 Å². The molecule has 0 aliphatic rings. The second kappa shape index (κ2) is 8.45. The molecular weight excluding hydrogens is 326 g/mol. The number of hydrogen-bond acceptors (Lipinski definition) is 4. The molecule has 1 amide bonds. The molecule has 0 fully saturated rings. The van der Waals surface area contributed by atoms with E-state index in [1.165, 1.54) is 17.0 Å². The highest BCUT2D eigenvalue weighted by atomic mass is 16.5. The van der Waals surface area contributed by atoms with E-state index >= 15 is 0 Å². The van der Waals surface area contributed by atoms with E-state index in [1.54, 1.807) is 6.07 Å². The van der Waals surface area contributed by atoms with Crippen molar-refractivity contribution < 1.29 is 9.53 Å². The van der Waals surface area contributed by atoms with Gasteiger partial charge in [-0.05, 0) is 34.0 Å². The van der Waals surface area contributed by atoms with Crippen molar-refractivity contribution in [2.24, 2.45) is 5.10 Å². The maximum absolute atomic E-state index is 11.2. The van der Waals surface area contributed by atoms with Gasteiger partial charge in [-0.2, -0.15) is 10.4 Å². The molecule has 128 valence electrons. The Hall–Kier alpha value is -3.65. The van der Waals surface area contributed by atoms with Crippen molar-refractivity contribution in [1.29, 1.82) is 5.26 Å². The van der Waals surface area contributed by atoms with Crippen LogP contribution in [0.2, 0.25) is 0 Å². The van der Waals surface area contributed by atoms with Gasteiger partial charge in [-0.1, -0.05) is 54.6 Å². The molecule has 5 heteroatoms. The average Bonchev–Trinajstić information content (AvgIpc) is 2.67. The topological polar surface area (TPSA) is 74.5 Å². The van der Waals surface area contributed by atoms with E-state index in [1.807, 2.05) is 42.5 Å². The van der Waals surface area contributed by atoms with Gasteiger partial charge in [-0.15, -0.1) is 0 Å². The molecule has 0 aliphatic heterocycles. The molecule has 26 heavy (non-hydrogen) atoms. The number of hydrogen-bond donors (Lipinski definition) is 1. The summed E-state index contributed by atoms with van der Waals surface area (Å²) < 4.78 is 5.91. The zero-order valence-corrected chi connectivity index (χ0v) is 14.1. The largest absolute Gasteiger partial charge is 0.489 e. The van der Waals surface area contributed by atoms with Gasteiger partial charge in [0, 0.05) is 0 Å². The molecule has 0 heterocycles. The van der Waals surface area contributed by atoms with Crippen LogP contribution in [0, 0.1) is 11.3 Å². The van der Waals surface area contributed by atoms with Crippen molar-refractivity contribution in [3.63, 3.8) is 0 Å². The Morgan fingerprint density at radius 2 is 1.92 bits per heavy atom. The lowest BCUT2D eigenvalue weighted by molar-refractivity contribution is -0.120. The van der Waals surface area contributed by atoms with E-state index in [4.69, 9.17) is 10.00 Å². The van der Waals surface area contributed by atoms with Gasteiger partial charge < -0.3 is 4.74 Å². The number of hydrazone groups is 1. The Bertz CT molecular complexity index is 984.